The van der Waals surface area contributed by atoms with E-state index >= 15 is 0 Å². The van der Waals surface area contributed by atoms with Crippen LogP contribution >= 0.6 is 0 Å². The van der Waals surface area contributed by atoms with Crippen LogP contribution in [0.4, 0.5) is 0 Å². The van der Waals surface area contributed by atoms with Crippen LogP contribution in [0.15, 0.2) is 41.3 Å². The van der Waals surface area contributed by atoms with E-state index in [-0.39, 0.29) is 10.8 Å². The van der Waals surface area contributed by atoms with Crippen molar-refractivity contribution >= 4 is 10.0 Å². The van der Waals surface area contributed by atoms with Crippen molar-refractivity contribution < 1.29 is 13.2 Å². The van der Waals surface area contributed by atoms with Gasteiger partial charge in [0.2, 0.25) is 10.0 Å². The zero-order valence-corrected chi connectivity index (χ0v) is 21.8. The van der Waals surface area contributed by atoms with Gasteiger partial charge in [-0.2, -0.15) is 0 Å². The van der Waals surface area contributed by atoms with Crippen LogP contribution in [0, 0.1) is 18.3 Å². The standard InChI is InChI=1S/C28H39NO3S/c1-19(2)21-8-11-24-22(17-21)9-13-26-27(4,14-7-15-28(24,26)5)18-29-33(30,31)23-10-12-25(32-6)20(3)16-23/h8,10-12,16-17,19,26,29H,7,9,13-15,18H2,1-6H3/t26-,27-,28+/m0/s1. The largest absolute Gasteiger partial charge is 0.496 e. The molecule has 1 fully saturated rings. The molecule has 2 aromatic rings. The number of hydrogen-bond donors (Lipinski definition) is 1. The monoisotopic (exact) mass is 469 g/mol. The van der Waals surface area contributed by atoms with Crippen molar-refractivity contribution in [2.45, 2.75) is 83.0 Å². The average molecular weight is 470 g/mol. The van der Waals surface area contributed by atoms with Gasteiger partial charge >= 0.3 is 0 Å². The number of ether oxygens (including phenoxy) is 1. The first kappa shape index (κ1) is 24.3. The molecular weight excluding hydrogens is 430 g/mol. The zero-order valence-electron chi connectivity index (χ0n) is 21.0. The summed E-state index contributed by atoms with van der Waals surface area (Å²) in [4.78, 5) is 0.304. The van der Waals surface area contributed by atoms with Crippen molar-refractivity contribution in [3.8, 4) is 5.75 Å². The third-order valence-corrected chi connectivity index (χ3v) is 9.91. The molecule has 2 aliphatic rings. The quantitative estimate of drug-likeness (QED) is 0.555. The lowest BCUT2D eigenvalue weighted by atomic mass is 9.50. The molecule has 0 aromatic heterocycles. The van der Waals surface area contributed by atoms with Crippen LogP contribution in [-0.4, -0.2) is 22.1 Å². The predicted octanol–water partition coefficient (Wildman–Crippen LogP) is 6.12. The summed E-state index contributed by atoms with van der Waals surface area (Å²) in [7, 11) is -1.99. The third-order valence-electron chi connectivity index (χ3n) is 8.51. The highest BCUT2D eigenvalue weighted by Crippen LogP contribution is 2.57. The Kier molecular flexibility index (Phi) is 6.43. The van der Waals surface area contributed by atoms with E-state index in [1.54, 1.807) is 25.3 Å². The molecule has 0 saturated heterocycles. The summed E-state index contributed by atoms with van der Waals surface area (Å²) in [5.74, 6) is 1.69. The first-order valence-electron chi connectivity index (χ1n) is 12.3. The molecule has 1 saturated carbocycles. The average Bonchev–Trinajstić information content (AvgIpc) is 2.77. The van der Waals surface area contributed by atoms with Crippen molar-refractivity contribution in [3.63, 3.8) is 0 Å². The minimum Gasteiger partial charge on any atom is -0.496 e. The highest BCUT2D eigenvalue weighted by Gasteiger charge is 2.51. The molecule has 0 spiro atoms. The number of benzene rings is 2. The molecule has 180 valence electrons. The molecule has 0 heterocycles. The molecule has 1 N–H and O–H groups in total. The predicted molar refractivity (Wildman–Crippen MR) is 135 cm³/mol. The Morgan fingerprint density at radius 1 is 1.12 bits per heavy atom. The maximum atomic E-state index is 13.2. The van der Waals surface area contributed by atoms with Crippen LogP contribution in [0.3, 0.4) is 0 Å². The van der Waals surface area contributed by atoms with E-state index in [4.69, 9.17) is 4.74 Å². The van der Waals surface area contributed by atoms with Gasteiger partial charge in [-0.15, -0.1) is 0 Å². The van der Waals surface area contributed by atoms with Gasteiger partial charge in [0.05, 0.1) is 12.0 Å². The van der Waals surface area contributed by atoms with Crippen LogP contribution in [-0.2, 0) is 21.9 Å². The van der Waals surface area contributed by atoms with Gasteiger partial charge < -0.3 is 4.74 Å². The van der Waals surface area contributed by atoms with Gasteiger partial charge in [0.15, 0.2) is 0 Å². The third kappa shape index (κ3) is 4.35. The van der Waals surface area contributed by atoms with Gasteiger partial charge in [-0.3, -0.25) is 0 Å². The maximum absolute atomic E-state index is 13.2. The second kappa shape index (κ2) is 8.74. The molecule has 33 heavy (non-hydrogen) atoms. The molecule has 5 heteroatoms. The molecule has 4 nitrogen and oxygen atoms in total. The summed E-state index contributed by atoms with van der Waals surface area (Å²) in [5, 5.41) is 0. The highest BCUT2D eigenvalue weighted by atomic mass is 32.2. The van der Waals surface area contributed by atoms with E-state index < -0.39 is 10.0 Å². The minimum atomic E-state index is -3.58. The van der Waals surface area contributed by atoms with Crippen LogP contribution in [0.25, 0.3) is 0 Å². The van der Waals surface area contributed by atoms with Crippen LogP contribution in [0.1, 0.15) is 81.5 Å². The van der Waals surface area contributed by atoms with E-state index in [9.17, 15) is 8.42 Å². The summed E-state index contributed by atoms with van der Waals surface area (Å²) < 4.78 is 34.6. The molecule has 0 aliphatic heterocycles. The second-order valence-electron chi connectivity index (χ2n) is 11.0. The summed E-state index contributed by atoms with van der Waals surface area (Å²) in [6.45, 7) is 11.6. The summed E-state index contributed by atoms with van der Waals surface area (Å²) >= 11 is 0. The van der Waals surface area contributed by atoms with E-state index in [2.05, 4.69) is 50.6 Å². The first-order chi connectivity index (χ1) is 15.5. The topological polar surface area (TPSA) is 55.4 Å². The fourth-order valence-corrected chi connectivity index (χ4v) is 7.84. The number of sulfonamides is 1. The van der Waals surface area contributed by atoms with Crippen LogP contribution in [0.5, 0.6) is 5.75 Å². The molecular formula is C28H39NO3S. The Morgan fingerprint density at radius 2 is 1.88 bits per heavy atom. The van der Waals surface area contributed by atoms with Crippen LogP contribution < -0.4 is 9.46 Å². The smallest absolute Gasteiger partial charge is 0.240 e. The van der Waals surface area contributed by atoms with Gasteiger partial charge in [-0.05, 0) is 95.7 Å². The van der Waals surface area contributed by atoms with E-state index in [0.29, 0.717) is 29.0 Å². The molecule has 0 bridgehead atoms. The summed E-state index contributed by atoms with van der Waals surface area (Å²) in [5.41, 5.74) is 5.24. The molecule has 0 unspecified atom stereocenters. The first-order valence-corrected chi connectivity index (χ1v) is 13.8. The lowest BCUT2D eigenvalue weighted by Gasteiger charge is -2.55. The normalized spacial score (nSPS) is 27.2. The fourth-order valence-electron chi connectivity index (χ4n) is 6.58. The van der Waals surface area contributed by atoms with E-state index in [0.717, 1.165) is 31.2 Å². The minimum absolute atomic E-state index is 0.0734. The van der Waals surface area contributed by atoms with Gasteiger partial charge in [-0.1, -0.05) is 52.3 Å². The summed E-state index contributed by atoms with van der Waals surface area (Å²) in [6.07, 6.45) is 5.54. The van der Waals surface area contributed by atoms with Gasteiger partial charge in [0.25, 0.3) is 0 Å². The molecule has 0 radical (unpaired) electrons. The van der Waals surface area contributed by atoms with Crippen molar-refractivity contribution in [3.05, 3.63) is 58.7 Å². The Bertz CT molecular complexity index is 1140. The van der Waals surface area contributed by atoms with Crippen molar-refractivity contribution in [1.82, 2.24) is 4.72 Å². The van der Waals surface area contributed by atoms with Crippen molar-refractivity contribution in [1.29, 1.82) is 0 Å². The number of methoxy groups -OCH3 is 1. The Balaban J connectivity index is 1.58. The van der Waals surface area contributed by atoms with E-state index in [1.807, 2.05) is 6.92 Å². The maximum Gasteiger partial charge on any atom is 0.240 e. The number of fused-ring (bicyclic) bond motifs is 3. The highest BCUT2D eigenvalue weighted by molar-refractivity contribution is 7.89. The molecule has 4 rings (SSSR count). The van der Waals surface area contributed by atoms with Gasteiger partial charge in [0, 0.05) is 6.54 Å². The Labute approximate surface area is 200 Å². The number of aryl methyl sites for hydroxylation is 2. The molecule has 2 aliphatic carbocycles. The van der Waals surface area contributed by atoms with E-state index in [1.165, 1.54) is 23.1 Å². The Hall–Kier alpha value is -1.85. The molecule has 2 aromatic carbocycles. The van der Waals surface area contributed by atoms with Crippen molar-refractivity contribution in [2.24, 2.45) is 11.3 Å². The van der Waals surface area contributed by atoms with Gasteiger partial charge in [0.1, 0.15) is 5.75 Å². The fraction of sp³-hybridized carbons (Fsp3) is 0.571. The number of rotatable bonds is 6. The van der Waals surface area contributed by atoms with Crippen molar-refractivity contribution in [2.75, 3.05) is 13.7 Å². The molecule has 0 amide bonds. The second-order valence-corrected chi connectivity index (χ2v) is 12.8. The number of nitrogens with one attached hydrogen (secondary N) is 1. The molecule has 3 atom stereocenters. The summed E-state index contributed by atoms with van der Waals surface area (Å²) in [6, 6.07) is 12.1. The number of hydrogen-bond acceptors (Lipinski definition) is 3. The lowest BCUT2D eigenvalue weighted by molar-refractivity contribution is 0.0299. The SMILES string of the molecule is COc1ccc(S(=O)(=O)NC[C@]2(C)CCC[C@]3(C)c4ccc(C(C)C)cc4CC[C@@H]23)cc1C. The Morgan fingerprint density at radius 3 is 2.55 bits per heavy atom. The lowest BCUT2D eigenvalue weighted by Crippen LogP contribution is -2.53. The van der Waals surface area contributed by atoms with Crippen LogP contribution in [0.2, 0.25) is 0 Å². The zero-order chi connectivity index (χ0) is 24.0. The van der Waals surface area contributed by atoms with Gasteiger partial charge in [-0.25, -0.2) is 13.1 Å².